The lowest BCUT2D eigenvalue weighted by Gasteiger charge is -2.24. The van der Waals surface area contributed by atoms with Gasteiger partial charge in [0.05, 0.1) is 13.2 Å². The summed E-state index contributed by atoms with van der Waals surface area (Å²) in [7, 11) is 0. The summed E-state index contributed by atoms with van der Waals surface area (Å²) >= 11 is 0. The molecule has 0 spiro atoms. The summed E-state index contributed by atoms with van der Waals surface area (Å²) in [6.45, 7) is 9.63. The maximum atomic E-state index is 12.4. The normalized spacial score (nSPS) is 13.7. The average molecular weight is 395 g/mol. The first kappa shape index (κ1) is 23.9. The van der Waals surface area contributed by atoms with Gasteiger partial charge in [0.2, 0.25) is 0 Å². The van der Waals surface area contributed by atoms with Gasteiger partial charge in [-0.05, 0) is 38.7 Å². The molecule has 0 saturated heterocycles. The minimum atomic E-state index is -1.25. The molecule has 158 valence electrons. The number of rotatable bonds is 10. The number of aliphatic hydroxyl groups excluding tert-OH is 1. The van der Waals surface area contributed by atoms with Gasteiger partial charge in [0.1, 0.15) is 11.6 Å². The molecule has 7 heteroatoms. The molecule has 0 bridgehead atoms. The maximum Gasteiger partial charge on any atom is 0.408 e. The van der Waals surface area contributed by atoms with Crippen LogP contribution in [0.25, 0.3) is 0 Å². The molecule has 0 aliphatic carbocycles. The Balaban J connectivity index is 2.64. The van der Waals surface area contributed by atoms with Crippen LogP contribution in [0.3, 0.4) is 0 Å². The van der Waals surface area contributed by atoms with Crippen LogP contribution in [0.15, 0.2) is 30.3 Å². The summed E-state index contributed by atoms with van der Waals surface area (Å²) in [5.41, 5.74) is 0.177. The van der Waals surface area contributed by atoms with Gasteiger partial charge < -0.3 is 24.6 Å². The quantitative estimate of drug-likeness (QED) is 0.466. The first-order chi connectivity index (χ1) is 13.1. The van der Waals surface area contributed by atoms with Crippen molar-refractivity contribution in [3.63, 3.8) is 0 Å². The number of carbonyl (C=O) groups is 2. The minimum Gasteiger partial charge on any atom is -0.464 e. The van der Waals surface area contributed by atoms with Crippen molar-refractivity contribution >= 4 is 12.1 Å². The van der Waals surface area contributed by atoms with Crippen molar-refractivity contribution in [2.45, 2.75) is 72.0 Å². The van der Waals surface area contributed by atoms with Gasteiger partial charge in [0.25, 0.3) is 0 Å². The van der Waals surface area contributed by atoms with E-state index in [1.54, 1.807) is 20.8 Å². The van der Waals surface area contributed by atoms with Crippen LogP contribution in [-0.2, 0) is 25.6 Å². The fraction of sp³-hybridized carbons (Fsp3) is 0.619. The highest BCUT2D eigenvalue weighted by Crippen LogP contribution is 2.11. The van der Waals surface area contributed by atoms with Crippen LogP contribution in [0.2, 0.25) is 0 Å². The lowest BCUT2D eigenvalue weighted by Crippen LogP contribution is -2.46. The third kappa shape index (κ3) is 10.9. The molecule has 2 N–H and O–H groups in total. The first-order valence-corrected chi connectivity index (χ1v) is 9.56. The summed E-state index contributed by atoms with van der Waals surface area (Å²) in [6.07, 6.45) is -1.45. The second-order valence-electron chi connectivity index (χ2n) is 8.04. The zero-order valence-electron chi connectivity index (χ0n) is 17.4. The van der Waals surface area contributed by atoms with Gasteiger partial charge >= 0.3 is 12.1 Å². The SMILES string of the molecule is CC(C)CCOC(=O)[C@H](CC(O)OCc1ccccc1)NC(=O)OC(C)(C)C. The Morgan fingerprint density at radius 2 is 1.79 bits per heavy atom. The third-order valence-corrected chi connectivity index (χ3v) is 3.64. The molecule has 7 nitrogen and oxygen atoms in total. The molecular weight excluding hydrogens is 362 g/mol. The van der Waals surface area contributed by atoms with E-state index >= 15 is 0 Å². The fourth-order valence-corrected chi connectivity index (χ4v) is 2.20. The van der Waals surface area contributed by atoms with Crippen molar-refractivity contribution in [1.29, 1.82) is 0 Å². The smallest absolute Gasteiger partial charge is 0.408 e. The molecule has 0 aromatic heterocycles. The standard InChI is InChI=1S/C21H33NO6/c1-15(2)11-12-26-19(24)17(22-20(25)28-21(3,4)5)13-18(23)27-14-16-9-7-6-8-10-16/h6-10,15,17-18,23H,11-14H2,1-5H3,(H,22,25)/t17-,18?/m0/s1. The molecule has 1 rings (SSSR count). The Morgan fingerprint density at radius 3 is 2.36 bits per heavy atom. The maximum absolute atomic E-state index is 12.4. The monoisotopic (exact) mass is 395 g/mol. The molecule has 0 aliphatic rings. The van der Waals surface area contributed by atoms with Crippen molar-refractivity contribution in [1.82, 2.24) is 5.32 Å². The Hall–Kier alpha value is -2.12. The lowest BCUT2D eigenvalue weighted by molar-refractivity contribution is -0.153. The highest BCUT2D eigenvalue weighted by molar-refractivity contribution is 5.81. The van der Waals surface area contributed by atoms with Gasteiger partial charge in [0, 0.05) is 6.42 Å². The molecule has 0 aliphatic heterocycles. The van der Waals surface area contributed by atoms with Crippen molar-refractivity contribution in [3.05, 3.63) is 35.9 Å². The van der Waals surface area contributed by atoms with E-state index in [1.807, 2.05) is 44.2 Å². The molecule has 0 heterocycles. The molecule has 1 unspecified atom stereocenters. The van der Waals surface area contributed by atoms with Crippen LogP contribution < -0.4 is 5.32 Å². The van der Waals surface area contributed by atoms with Crippen molar-refractivity contribution in [2.75, 3.05) is 6.61 Å². The summed E-state index contributed by atoms with van der Waals surface area (Å²) in [6, 6.07) is 8.27. The minimum absolute atomic E-state index is 0.146. The Bertz CT molecular complexity index is 597. The van der Waals surface area contributed by atoms with E-state index in [2.05, 4.69) is 5.32 Å². The summed E-state index contributed by atoms with van der Waals surface area (Å²) in [5, 5.41) is 12.6. The second kappa shape index (κ2) is 11.7. The number of amides is 1. The lowest BCUT2D eigenvalue weighted by atomic mass is 10.1. The predicted molar refractivity (Wildman–Crippen MR) is 105 cm³/mol. The van der Waals surface area contributed by atoms with Crippen LogP contribution in [0.4, 0.5) is 4.79 Å². The second-order valence-corrected chi connectivity index (χ2v) is 8.04. The molecule has 0 fully saturated rings. The van der Waals surface area contributed by atoms with Crippen LogP contribution in [0.5, 0.6) is 0 Å². The molecule has 1 aromatic rings. The molecule has 0 saturated carbocycles. The number of nitrogens with one attached hydrogen (secondary N) is 1. The van der Waals surface area contributed by atoms with E-state index in [4.69, 9.17) is 14.2 Å². The van der Waals surface area contributed by atoms with E-state index in [0.29, 0.717) is 12.3 Å². The van der Waals surface area contributed by atoms with Gasteiger partial charge in [-0.1, -0.05) is 44.2 Å². The topological polar surface area (TPSA) is 94.1 Å². The van der Waals surface area contributed by atoms with Gasteiger partial charge in [-0.2, -0.15) is 0 Å². The molecule has 28 heavy (non-hydrogen) atoms. The molecule has 1 amide bonds. The summed E-state index contributed by atoms with van der Waals surface area (Å²) < 4.78 is 15.8. The van der Waals surface area contributed by atoms with E-state index in [1.165, 1.54) is 0 Å². The number of esters is 1. The van der Waals surface area contributed by atoms with Gasteiger partial charge in [0.15, 0.2) is 6.29 Å². The zero-order chi connectivity index (χ0) is 21.2. The number of carbonyl (C=O) groups excluding carboxylic acids is 2. The van der Waals surface area contributed by atoms with Gasteiger partial charge in [-0.25, -0.2) is 9.59 Å². The number of alkyl carbamates (subject to hydrolysis) is 1. The number of aliphatic hydroxyl groups is 1. The molecule has 2 atom stereocenters. The van der Waals surface area contributed by atoms with Crippen molar-refractivity contribution in [2.24, 2.45) is 5.92 Å². The third-order valence-electron chi connectivity index (χ3n) is 3.64. The Kier molecular flexibility index (Phi) is 9.96. The van der Waals surface area contributed by atoms with Crippen LogP contribution in [-0.4, -0.2) is 41.7 Å². The molecule has 0 radical (unpaired) electrons. The first-order valence-electron chi connectivity index (χ1n) is 9.56. The molecule has 1 aromatic carbocycles. The Morgan fingerprint density at radius 1 is 1.14 bits per heavy atom. The van der Waals surface area contributed by atoms with Crippen LogP contribution in [0, 0.1) is 5.92 Å². The summed E-state index contributed by atoms with van der Waals surface area (Å²) in [5.74, 6) is -0.251. The van der Waals surface area contributed by atoms with E-state index in [9.17, 15) is 14.7 Å². The predicted octanol–water partition coefficient (Wildman–Crippen LogP) is 3.39. The number of hydrogen-bond donors (Lipinski definition) is 2. The zero-order valence-corrected chi connectivity index (χ0v) is 17.4. The number of hydrogen-bond acceptors (Lipinski definition) is 6. The largest absolute Gasteiger partial charge is 0.464 e. The number of ether oxygens (including phenoxy) is 3. The van der Waals surface area contributed by atoms with E-state index in [-0.39, 0.29) is 19.6 Å². The highest BCUT2D eigenvalue weighted by atomic mass is 16.6. The van der Waals surface area contributed by atoms with E-state index < -0.39 is 30.0 Å². The van der Waals surface area contributed by atoms with Crippen LogP contribution >= 0.6 is 0 Å². The average Bonchev–Trinajstić information content (AvgIpc) is 2.58. The van der Waals surface area contributed by atoms with E-state index in [0.717, 1.165) is 5.56 Å². The summed E-state index contributed by atoms with van der Waals surface area (Å²) in [4.78, 5) is 24.4. The van der Waals surface area contributed by atoms with Crippen molar-refractivity contribution < 1.29 is 28.9 Å². The highest BCUT2D eigenvalue weighted by Gasteiger charge is 2.28. The van der Waals surface area contributed by atoms with Gasteiger partial charge in [-0.3, -0.25) is 0 Å². The van der Waals surface area contributed by atoms with Crippen molar-refractivity contribution in [3.8, 4) is 0 Å². The number of benzene rings is 1. The van der Waals surface area contributed by atoms with Gasteiger partial charge in [-0.15, -0.1) is 0 Å². The molecular formula is C21H33NO6. The fourth-order valence-electron chi connectivity index (χ4n) is 2.20. The van der Waals surface area contributed by atoms with Crippen LogP contribution in [0.1, 0.15) is 53.0 Å². The Labute approximate surface area is 167 Å².